The summed E-state index contributed by atoms with van der Waals surface area (Å²) in [6, 6.07) is 0. The molecule has 3 fully saturated rings. The van der Waals surface area contributed by atoms with Gasteiger partial charge in [-0.1, -0.05) is 13.8 Å². The topological polar surface area (TPSA) is 94.8 Å². The number of alkyl halides is 1. The summed E-state index contributed by atoms with van der Waals surface area (Å²) in [6.07, 6.45) is 1.57. The van der Waals surface area contributed by atoms with Gasteiger partial charge < -0.3 is 15.3 Å². The number of carbonyl (C=O) groups is 2. The van der Waals surface area contributed by atoms with Gasteiger partial charge in [-0.25, -0.2) is 4.39 Å². The average molecular weight is 380 g/mol. The second-order valence-corrected chi connectivity index (χ2v) is 9.65. The van der Waals surface area contributed by atoms with Gasteiger partial charge in [-0.05, 0) is 66.9 Å². The minimum absolute atomic E-state index is 0.0532. The molecule has 0 heterocycles. The molecule has 6 heteroatoms. The zero-order chi connectivity index (χ0) is 19.8. The minimum Gasteiger partial charge on any atom is -0.393 e. The summed E-state index contributed by atoms with van der Waals surface area (Å²) < 4.78 is 15.2. The monoisotopic (exact) mass is 380 g/mol. The van der Waals surface area contributed by atoms with Gasteiger partial charge >= 0.3 is 0 Å². The number of hydrogen-bond acceptors (Lipinski definition) is 5. The van der Waals surface area contributed by atoms with E-state index in [1.165, 1.54) is 6.08 Å². The van der Waals surface area contributed by atoms with E-state index >= 15 is 4.39 Å². The first-order valence-corrected chi connectivity index (χ1v) is 10.0. The van der Waals surface area contributed by atoms with Crippen LogP contribution in [0.3, 0.4) is 0 Å². The number of allylic oxidation sites excluding steroid dienone is 1. The molecule has 0 saturated heterocycles. The molecule has 0 spiro atoms. The maximum absolute atomic E-state index is 15.2. The Morgan fingerprint density at radius 3 is 2.70 bits per heavy atom. The van der Waals surface area contributed by atoms with Gasteiger partial charge in [0.05, 0.1) is 6.10 Å². The molecule has 0 unspecified atom stereocenters. The summed E-state index contributed by atoms with van der Waals surface area (Å²) in [5.41, 5.74) is -2.61. The first-order valence-electron chi connectivity index (χ1n) is 10.0. The number of ketones is 2. The fourth-order valence-electron chi connectivity index (χ4n) is 7.29. The van der Waals surface area contributed by atoms with Crippen LogP contribution >= 0.6 is 0 Å². The summed E-state index contributed by atoms with van der Waals surface area (Å²) >= 11 is 0. The molecule has 0 aromatic heterocycles. The van der Waals surface area contributed by atoms with Crippen molar-refractivity contribution < 1.29 is 29.3 Å². The number of hydrogen-bond donors (Lipinski definition) is 3. The van der Waals surface area contributed by atoms with Crippen molar-refractivity contribution in [3.8, 4) is 0 Å². The van der Waals surface area contributed by atoms with E-state index in [4.69, 9.17) is 0 Å². The molecule has 3 N–H and O–H groups in total. The van der Waals surface area contributed by atoms with Crippen LogP contribution in [-0.2, 0) is 9.59 Å². The van der Waals surface area contributed by atoms with Crippen LogP contribution in [0, 0.1) is 28.6 Å². The normalized spacial score (nSPS) is 51.9. The number of rotatable bonds is 2. The lowest BCUT2D eigenvalue weighted by Crippen LogP contribution is -2.63. The summed E-state index contributed by atoms with van der Waals surface area (Å²) in [5, 5.41) is 31.6. The fraction of sp³-hybridized carbons (Fsp3) is 0.810. The maximum Gasteiger partial charge on any atom is 0.190 e. The Labute approximate surface area is 158 Å². The molecule has 0 aromatic carbocycles. The number of halogens is 1. The summed E-state index contributed by atoms with van der Waals surface area (Å²) in [4.78, 5) is 24.2. The van der Waals surface area contributed by atoms with Gasteiger partial charge in [0.1, 0.15) is 18.4 Å². The SMILES string of the molecule is C[C@]12CCC(=O)C=C1[C@@H](F)C[C@H]1[C@H]2[C@H](O)C[C@]2(C)[C@@H]1CC[C@@]2(O)C(=O)CO. The Bertz CT molecular complexity index is 719. The fourth-order valence-corrected chi connectivity index (χ4v) is 7.29. The molecule has 0 bridgehead atoms. The van der Waals surface area contributed by atoms with Crippen LogP contribution in [0.4, 0.5) is 4.39 Å². The van der Waals surface area contributed by atoms with Gasteiger partial charge in [-0.3, -0.25) is 9.59 Å². The summed E-state index contributed by atoms with van der Waals surface area (Å²) in [6.45, 7) is 3.03. The average Bonchev–Trinajstić information content (AvgIpc) is 2.87. The van der Waals surface area contributed by atoms with E-state index in [-0.39, 0.29) is 42.8 Å². The van der Waals surface area contributed by atoms with Crippen molar-refractivity contribution in [2.24, 2.45) is 28.6 Å². The van der Waals surface area contributed by atoms with Crippen molar-refractivity contribution in [1.82, 2.24) is 0 Å². The Morgan fingerprint density at radius 2 is 2.04 bits per heavy atom. The summed E-state index contributed by atoms with van der Waals surface area (Å²) in [7, 11) is 0. The quantitative estimate of drug-likeness (QED) is 0.678. The molecule has 4 aliphatic rings. The van der Waals surface area contributed by atoms with Crippen LogP contribution < -0.4 is 0 Å². The van der Waals surface area contributed by atoms with E-state index in [0.29, 0.717) is 24.8 Å². The highest BCUT2D eigenvalue weighted by Gasteiger charge is 2.69. The van der Waals surface area contributed by atoms with Gasteiger partial charge in [-0.2, -0.15) is 0 Å². The van der Waals surface area contributed by atoms with E-state index < -0.39 is 41.1 Å². The van der Waals surface area contributed by atoms with Crippen LogP contribution in [-0.4, -0.2) is 51.4 Å². The predicted molar refractivity (Wildman–Crippen MR) is 95.4 cm³/mol. The van der Waals surface area contributed by atoms with Gasteiger partial charge in [0.2, 0.25) is 0 Å². The molecule has 0 aromatic rings. The Balaban J connectivity index is 1.77. The minimum atomic E-state index is -1.68. The molecule has 8 atom stereocenters. The van der Waals surface area contributed by atoms with Gasteiger partial charge in [-0.15, -0.1) is 0 Å². The lowest BCUT2D eigenvalue weighted by molar-refractivity contribution is -0.185. The zero-order valence-electron chi connectivity index (χ0n) is 15.9. The smallest absolute Gasteiger partial charge is 0.190 e. The Morgan fingerprint density at radius 1 is 1.33 bits per heavy atom. The maximum atomic E-state index is 15.2. The molecule has 150 valence electrons. The molecule has 0 radical (unpaired) electrons. The first kappa shape index (κ1) is 19.2. The largest absolute Gasteiger partial charge is 0.393 e. The Hall–Kier alpha value is -1.11. The Kier molecular flexibility index (Phi) is 4.23. The zero-order valence-corrected chi connectivity index (χ0v) is 15.9. The molecule has 3 saturated carbocycles. The molecule has 27 heavy (non-hydrogen) atoms. The third-order valence-corrected chi connectivity index (χ3v) is 8.63. The standard InChI is InChI=1S/C21H29FO5/c1-19-5-3-11(24)7-14(19)15(22)8-12-13-4-6-21(27,17(26)10-23)20(13,2)9-16(25)18(12)19/h7,12-13,15-16,18,23,25,27H,3-6,8-10H2,1-2H3/t12-,13-,15+,16-,18+,19+,20-,21-/m1/s1. The van der Waals surface area contributed by atoms with Gasteiger partial charge in [0.25, 0.3) is 0 Å². The molecule has 4 rings (SSSR count). The predicted octanol–water partition coefficient (Wildman–Crippen LogP) is 1.73. The van der Waals surface area contributed by atoms with Crippen molar-refractivity contribution in [3.63, 3.8) is 0 Å². The lowest BCUT2D eigenvalue weighted by Gasteiger charge is -2.61. The van der Waals surface area contributed by atoms with Crippen LogP contribution in [0.2, 0.25) is 0 Å². The van der Waals surface area contributed by atoms with E-state index in [1.807, 2.05) is 13.8 Å². The third kappa shape index (κ3) is 2.33. The number of carbonyl (C=O) groups excluding carboxylic acids is 2. The highest BCUT2D eigenvalue weighted by molar-refractivity contribution is 5.92. The second-order valence-electron chi connectivity index (χ2n) is 9.65. The van der Waals surface area contributed by atoms with E-state index in [2.05, 4.69) is 0 Å². The molecule has 0 aliphatic heterocycles. The molecular formula is C21H29FO5. The lowest BCUT2D eigenvalue weighted by atomic mass is 9.45. The molecule has 4 aliphatic carbocycles. The van der Waals surface area contributed by atoms with Gasteiger partial charge in [0.15, 0.2) is 11.6 Å². The molecule has 5 nitrogen and oxygen atoms in total. The van der Waals surface area contributed by atoms with Crippen LogP contribution in [0.5, 0.6) is 0 Å². The van der Waals surface area contributed by atoms with Crippen LogP contribution in [0.15, 0.2) is 11.6 Å². The van der Waals surface area contributed by atoms with Crippen LogP contribution in [0.1, 0.15) is 52.4 Å². The van der Waals surface area contributed by atoms with E-state index in [9.17, 15) is 24.9 Å². The van der Waals surface area contributed by atoms with Crippen LogP contribution in [0.25, 0.3) is 0 Å². The van der Waals surface area contributed by atoms with Crippen molar-refractivity contribution in [3.05, 3.63) is 11.6 Å². The highest BCUT2D eigenvalue weighted by Crippen LogP contribution is 2.67. The third-order valence-electron chi connectivity index (χ3n) is 8.63. The van der Waals surface area contributed by atoms with Crippen molar-refractivity contribution in [2.45, 2.75) is 70.2 Å². The van der Waals surface area contributed by atoms with Crippen molar-refractivity contribution >= 4 is 11.6 Å². The van der Waals surface area contributed by atoms with E-state index in [1.54, 1.807) is 0 Å². The number of aliphatic hydroxyl groups excluding tert-OH is 2. The summed E-state index contributed by atoms with van der Waals surface area (Å²) in [5.74, 6) is -1.11. The number of aliphatic hydroxyl groups is 3. The van der Waals surface area contributed by atoms with E-state index in [0.717, 1.165) is 0 Å². The van der Waals surface area contributed by atoms with Gasteiger partial charge in [0, 0.05) is 11.8 Å². The number of Topliss-reactive ketones (excluding diaryl/α,β-unsaturated/α-hetero) is 1. The highest BCUT2D eigenvalue weighted by atomic mass is 19.1. The van der Waals surface area contributed by atoms with Crippen molar-refractivity contribution in [1.29, 1.82) is 0 Å². The molecular weight excluding hydrogens is 351 g/mol. The second kappa shape index (κ2) is 5.94. The first-order chi connectivity index (χ1) is 12.6. The number of fused-ring (bicyclic) bond motifs is 5. The molecule has 0 amide bonds. The van der Waals surface area contributed by atoms with Crippen molar-refractivity contribution in [2.75, 3.05) is 6.61 Å².